The second-order valence-corrected chi connectivity index (χ2v) is 6.40. The number of ether oxygens (including phenoxy) is 1. The minimum Gasteiger partial charge on any atom is -0.493 e. The van der Waals surface area contributed by atoms with Gasteiger partial charge >= 0.3 is 0 Å². The number of aryl methyl sites for hydroxylation is 1. The lowest BCUT2D eigenvalue weighted by molar-refractivity contribution is -0.111. The van der Waals surface area contributed by atoms with Gasteiger partial charge in [0.1, 0.15) is 5.75 Å². The van der Waals surface area contributed by atoms with Gasteiger partial charge in [-0.15, -0.1) is 0 Å². The first kappa shape index (κ1) is 18.8. The molecule has 0 heterocycles. The lowest BCUT2D eigenvalue weighted by Crippen LogP contribution is -2.11. The molecule has 2 rings (SSSR count). The molecular formula is C22H27NO2. The average Bonchev–Trinajstić information content (AvgIpc) is 2.60. The third kappa shape index (κ3) is 5.21. The van der Waals surface area contributed by atoms with Gasteiger partial charge in [-0.1, -0.05) is 57.2 Å². The summed E-state index contributed by atoms with van der Waals surface area (Å²) in [5, 5.41) is 3.03. The van der Waals surface area contributed by atoms with Gasteiger partial charge in [-0.3, -0.25) is 4.79 Å². The van der Waals surface area contributed by atoms with Gasteiger partial charge in [0.25, 0.3) is 0 Å². The van der Waals surface area contributed by atoms with Crippen LogP contribution in [0.15, 0.2) is 48.5 Å². The molecule has 0 aliphatic rings. The summed E-state index contributed by atoms with van der Waals surface area (Å²) in [5.41, 5.74) is 4.02. The van der Waals surface area contributed by atoms with Crippen molar-refractivity contribution in [1.29, 1.82) is 0 Å². The molecule has 0 aliphatic carbocycles. The molecule has 132 valence electrons. The summed E-state index contributed by atoms with van der Waals surface area (Å²) >= 11 is 0. The van der Waals surface area contributed by atoms with E-state index in [0.717, 1.165) is 34.5 Å². The summed E-state index contributed by atoms with van der Waals surface area (Å²) in [4.78, 5) is 12.4. The van der Waals surface area contributed by atoms with Crippen LogP contribution in [0.4, 0.5) is 5.69 Å². The SMILES string of the molecule is CCCOc1ccccc1/C=C/C(=O)Nc1c(C)cccc1C(C)C. The molecule has 1 N–H and O–H groups in total. The molecule has 0 aliphatic heterocycles. The van der Waals surface area contributed by atoms with Crippen LogP contribution in [0.5, 0.6) is 5.75 Å². The van der Waals surface area contributed by atoms with Crippen LogP contribution < -0.4 is 10.1 Å². The molecule has 0 saturated heterocycles. The highest BCUT2D eigenvalue weighted by Gasteiger charge is 2.10. The van der Waals surface area contributed by atoms with E-state index in [1.54, 1.807) is 12.2 Å². The van der Waals surface area contributed by atoms with Gasteiger partial charge in [0.05, 0.1) is 6.61 Å². The zero-order valence-electron chi connectivity index (χ0n) is 15.5. The summed E-state index contributed by atoms with van der Waals surface area (Å²) in [6.07, 6.45) is 4.31. The van der Waals surface area contributed by atoms with Crippen LogP contribution in [0, 0.1) is 6.92 Å². The standard InChI is InChI=1S/C22H27NO2/c1-5-15-25-20-12-7-6-10-18(20)13-14-21(24)23-22-17(4)9-8-11-19(22)16(2)3/h6-14,16H,5,15H2,1-4H3,(H,23,24)/b14-13+. The minimum atomic E-state index is -0.138. The lowest BCUT2D eigenvalue weighted by Gasteiger charge is -2.15. The molecule has 0 saturated carbocycles. The molecule has 2 aromatic rings. The van der Waals surface area contributed by atoms with E-state index >= 15 is 0 Å². The Bertz CT molecular complexity index is 747. The molecule has 1 amide bonds. The number of anilines is 1. The van der Waals surface area contributed by atoms with Crippen LogP contribution in [0.25, 0.3) is 6.08 Å². The van der Waals surface area contributed by atoms with Crippen molar-refractivity contribution in [2.75, 3.05) is 11.9 Å². The molecule has 3 heteroatoms. The van der Waals surface area contributed by atoms with E-state index in [4.69, 9.17) is 4.74 Å². The molecule has 0 fully saturated rings. The van der Waals surface area contributed by atoms with E-state index in [9.17, 15) is 4.79 Å². The number of hydrogen-bond donors (Lipinski definition) is 1. The third-order valence-electron chi connectivity index (χ3n) is 3.97. The Hall–Kier alpha value is -2.55. The highest BCUT2D eigenvalue weighted by atomic mass is 16.5. The summed E-state index contributed by atoms with van der Waals surface area (Å²) in [5.74, 6) is 1.01. The molecule has 2 aromatic carbocycles. The first-order valence-electron chi connectivity index (χ1n) is 8.83. The van der Waals surface area contributed by atoms with Crippen molar-refractivity contribution < 1.29 is 9.53 Å². The predicted molar refractivity (Wildman–Crippen MR) is 105 cm³/mol. The van der Waals surface area contributed by atoms with Crippen molar-refractivity contribution in [3.8, 4) is 5.75 Å². The van der Waals surface area contributed by atoms with Crippen molar-refractivity contribution in [2.45, 2.75) is 40.0 Å². The van der Waals surface area contributed by atoms with E-state index in [0.29, 0.717) is 12.5 Å². The first-order chi connectivity index (χ1) is 12.0. The predicted octanol–water partition coefficient (Wildman–Crippen LogP) is 5.56. The van der Waals surface area contributed by atoms with Crippen LogP contribution in [0.3, 0.4) is 0 Å². The maximum absolute atomic E-state index is 12.4. The fourth-order valence-electron chi connectivity index (χ4n) is 2.63. The molecule has 3 nitrogen and oxygen atoms in total. The first-order valence-corrected chi connectivity index (χ1v) is 8.83. The molecular weight excluding hydrogens is 310 g/mol. The Balaban J connectivity index is 2.15. The molecule has 0 spiro atoms. The normalized spacial score (nSPS) is 11.1. The second-order valence-electron chi connectivity index (χ2n) is 6.40. The topological polar surface area (TPSA) is 38.3 Å². The van der Waals surface area contributed by atoms with Crippen molar-refractivity contribution in [3.63, 3.8) is 0 Å². The van der Waals surface area contributed by atoms with Crippen LogP contribution in [-0.2, 0) is 4.79 Å². The number of nitrogens with one attached hydrogen (secondary N) is 1. The Morgan fingerprint density at radius 2 is 1.92 bits per heavy atom. The van der Waals surface area contributed by atoms with Crippen molar-refractivity contribution in [2.24, 2.45) is 0 Å². The highest BCUT2D eigenvalue weighted by Crippen LogP contribution is 2.27. The quantitative estimate of drug-likeness (QED) is 0.672. The fraction of sp³-hybridized carbons (Fsp3) is 0.318. The molecule has 0 radical (unpaired) electrons. The molecule has 0 unspecified atom stereocenters. The van der Waals surface area contributed by atoms with E-state index in [1.165, 1.54) is 0 Å². The average molecular weight is 337 g/mol. The van der Waals surface area contributed by atoms with Crippen molar-refractivity contribution in [1.82, 2.24) is 0 Å². The monoisotopic (exact) mass is 337 g/mol. The zero-order chi connectivity index (χ0) is 18.2. The van der Waals surface area contributed by atoms with E-state index in [2.05, 4.69) is 32.2 Å². The Kier molecular flexibility index (Phi) is 6.81. The van der Waals surface area contributed by atoms with Crippen LogP contribution >= 0.6 is 0 Å². The summed E-state index contributed by atoms with van der Waals surface area (Å²) in [6.45, 7) is 9.00. The summed E-state index contributed by atoms with van der Waals surface area (Å²) in [7, 11) is 0. The maximum atomic E-state index is 12.4. The number of para-hydroxylation sites is 2. The number of amides is 1. The van der Waals surface area contributed by atoms with Crippen LogP contribution in [0.1, 0.15) is 49.8 Å². The molecule has 0 bridgehead atoms. The van der Waals surface area contributed by atoms with Crippen LogP contribution in [0.2, 0.25) is 0 Å². The highest BCUT2D eigenvalue weighted by molar-refractivity contribution is 6.03. The van der Waals surface area contributed by atoms with Crippen molar-refractivity contribution >= 4 is 17.7 Å². The number of hydrogen-bond acceptors (Lipinski definition) is 2. The summed E-state index contributed by atoms with van der Waals surface area (Å²) < 4.78 is 5.72. The maximum Gasteiger partial charge on any atom is 0.248 e. The van der Waals surface area contributed by atoms with Gasteiger partial charge < -0.3 is 10.1 Å². The van der Waals surface area contributed by atoms with E-state index < -0.39 is 0 Å². The van der Waals surface area contributed by atoms with Gasteiger partial charge in [-0.2, -0.15) is 0 Å². The number of rotatable bonds is 7. The van der Waals surface area contributed by atoms with Crippen molar-refractivity contribution in [3.05, 3.63) is 65.2 Å². The van der Waals surface area contributed by atoms with E-state index in [-0.39, 0.29) is 5.91 Å². The number of benzene rings is 2. The Labute approximate surface area is 150 Å². The largest absolute Gasteiger partial charge is 0.493 e. The summed E-state index contributed by atoms with van der Waals surface area (Å²) in [6, 6.07) is 13.8. The Morgan fingerprint density at radius 3 is 2.64 bits per heavy atom. The second kappa shape index (κ2) is 9.07. The van der Waals surface area contributed by atoms with E-state index in [1.807, 2.05) is 43.3 Å². The molecule has 25 heavy (non-hydrogen) atoms. The smallest absolute Gasteiger partial charge is 0.248 e. The lowest BCUT2D eigenvalue weighted by atomic mass is 9.98. The number of carbonyl (C=O) groups excluding carboxylic acids is 1. The Morgan fingerprint density at radius 1 is 1.16 bits per heavy atom. The van der Waals surface area contributed by atoms with Gasteiger partial charge in [-0.25, -0.2) is 0 Å². The van der Waals surface area contributed by atoms with Gasteiger partial charge in [0.2, 0.25) is 5.91 Å². The third-order valence-corrected chi connectivity index (χ3v) is 3.97. The van der Waals surface area contributed by atoms with Crippen LogP contribution in [-0.4, -0.2) is 12.5 Å². The van der Waals surface area contributed by atoms with Gasteiger partial charge in [0.15, 0.2) is 0 Å². The minimum absolute atomic E-state index is 0.138. The number of carbonyl (C=O) groups is 1. The van der Waals surface area contributed by atoms with Gasteiger partial charge in [-0.05, 0) is 42.5 Å². The van der Waals surface area contributed by atoms with Gasteiger partial charge in [0, 0.05) is 17.3 Å². The molecule has 0 aromatic heterocycles. The fourth-order valence-corrected chi connectivity index (χ4v) is 2.63. The molecule has 0 atom stereocenters. The zero-order valence-corrected chi connectivity index (χ0v) is 15.5.